The lowest BCUT2D eigenvalue weighted by Gasteiger charge is -2.13. The molecule has 1 aliphatic rings. The number of rotatable bonds is 6. The van der Waals surface area contributed by atoms with E-state index in [1.165, 1.54) is 17.1 Å². The molecule has 94 valence electrons. The molecule has 0 aliphatic carbocycles. The molecule has 1 rings (SSSR count). The van der Waals surface area contributed by atoms with Crippen LogP contribution in [0.4, 0.5) is 0 Å². The van der Waals surface area contributed by atoms with E-state index in [0.29, 0.717) is 13.0 Å². The third kappa shape index (κ3) is 4.01. The molecule has 0 saturated carbocycles. The number of hydrogen-bond donors (Lipinski definition) is 0. The van der Waals surface area contributed by atoms with Crippen LogP contribution in [0.2, 0.25) is 0 Å². The highest BCUT2D eigenvalue weighted by Gasteiger charge is 2.22. The van der Waals surface area contributed by atoms with Gasteiger partial charge in [0.15, 0.2) is 0 Å². The first-order chi connectivity index (χ1) is 8.02. The van der Waals surface area contributed by atoms with Gasteiger partial charge in [0, 0.05) is 39.2 Å². The van der Waals surface area contributed by atoms with Crippen LogP contribution in [0.25, 0.3) is 0 Å². The van der Waals surface area contributed by atoms with Gasteiger partial charge in [-0.25, -0.2) is 0 Å². The lowest BCUT2D eigenvalue weighted by atomic mass is 10.2. The van der Waals surface area contributed by atoms with Crippen LogP contribution in [0.1, 0.15) is 25.7 Å². The first-order valence-electron chi connectivity index (χ1n) is 5.76. The second kappa shape index (κ2) is 6.18. The van der Waals surface area contributed by atoms with Crippen molar-refractivity contribution in [2.75, 3.05) is 20.6 Å². The molecule has 5 heteroatoms. The molecule has 17 heavy (non-hydrogen) atoms. The van der Waals surface area contributed by atoms with Gasteiger partial charge < -0.3 is 4.90 Å². The number of imide groups is 1. The van der Waals surface area contributed by atoms with E-state index in [0.717, 1.165) is 19.3 Å². The largest absolute Gasteiger partial charge is 0.349 e. The summed E-state index contributed by atoms with van der Waals surface area (Å²) < 4.78 is 0. The van der Waals surface area contributed by atoms with Crippen molar-refractivity contribution in [3.05, 3.63) is 12.2 Å². The van der Waals surface area contributed by atoms with Crippen LogP contribution in [0.15, 0.2) is 12.2 Å². The van der Waals surface area contributed by atoms with Gasteiger partial charge in [-0.1, -0.05) is 6.42 Å². The maximum absolute atomic E-state index is 11.3. The predicted octanol–water partition coefficient (Wildman–Crippen LogP) is 0.560. The van der Waals surface area contributed by atoms with Crippen molar-refractivity contribution in [3.63, 3.8) is 0 Å². The maximum atomic E-state index is 11.3. The molecular formula is C12H18N2O3. The molecule has 0 atom stereocenters. The average molecular weight is 238 g/mol. The molecule has 0 radical (unpaired) electrons. The van der Waals surface area contributed by atoms with Crippen LogP contribution in [0, 0.1) is 0 Å². The van der Waals surface area contributed by atoms with Gasteiger partial charge in [-0.05, 0) is 12.8 Å². The molecule has 1 heterocycles. The lowest BCUT2D eigenvalue weighted by Crippen LogP contribution is -2.30. The van der Waals surface area contributed by atoms with E-state index in [1.807, 2.05) is 0 Å². The summed E-state index contributed by atoms with van der Waals surface area (Å²) in [6.07, 6.45) is 5.49. The zero-order valence-corrected chi connectivity index (χ0v) is 10.3. The van der Waals surface area contributed by atoms with Crippen LogP contribution >= 0.6 is 0 Å². The molecular weight excluding hydrogens is 220 g/mol. The molecule has 0 N–H and O–H groups in total. The van der Waals surface area contributed by atoms with Crippen molar-refractivity contribution in [1.82, 2.24) is 9.80 Å². The first kappa shape index (κ1) is 13.4. The van der Waals surface area contributed by atoms with Gasteiger partial charge in [0.05, 0.1) is 0 Å². The fourth-order valence-electron chi connectivity index (χ4n) is 1.60. The summed E-state index contributed by atoms with van der Waals surface area (Å²) in [6, 6.07) is 0. The predicted molar refractivity (Wildman–Crippen MR) is 63.0 cm³/mol. The SMILES string of the molecule is CN(C)C(=O)CCCCCN1C(=O)C=CC1=O. The molecule has 0 aromatic rings. The maximum Gasteiger partial charge on any atom is 0.253 e. The second-order valence-corrected chi connectivity index (χ2v) is 4.26. The monoisotopic (exact) mass is 238 g/mol. The zero-order chi connectivity index (χ0) is 12.8. The van der Waals surface area contributed by atoms with Crippen molar-refractivity contribution in [1.29, 1.82) is 0 Å². The molecule has 0 saturated heterocycles. The molecule has 3 amide bonds. The molecule has 0 fully saturated rings. The molecule has 0 bridgehead atoms. The van der Waals surface area contributed by atoms with Crippen molar-refractivity contribution in [2.24, 2.45) is 0 Å². The van der Waals surface area contributed by atoms with Gasteiger partial charge in [0.1, 0.15) is 0 Å². The van der Waals surface area contributed by atoms with E-state index in [1.54, 1.807) is 19.0 Å². The second-order valence-electron chi connectivity index (χ2n) is 4.26. The summed E-state index contributed by atoms with van der Waals surface area (Å²) in [5, 5.41) is 0. The Hall–Kier alpha value is -1.65. The van der Waals surface area contributed by atoms with E-state index in [4.69, 9.17) is 0 Å². The Morgan fingerprint density at radius 1 is 1.12 bits per heavy atom. The zero-order valence-electron chi connectivity index (χ0n) is 10.3. The standard InChI is InChI=1S/C12H18N2O3/c1-13(2)10(15)6-4-3-5-9-14-11(16)7-8-12(14)17/h7-8H,3-6,9H2,1-2H3. The van der Waals surface area contributed by atoms with Crippen LogP contribution < -0.4 is 0 Å². The first-order valence-corrected chi connectivity index (χ1v) is 5.76. The number of nitrogens with zero attached hydrogens (tertiary/aromatic N) is 2. The molecule has 0 unspecified atom stereocenters. The summed E-state index contributed by atoms with van der Waals surface area (Å²) in [5.41, 5.74) is 0. The highest BCUT2D eigenvalue weighted by molar-refractivity contribution is 6.12. The Morgan fingerprint density at radius 2 is 1.71 bits per heavy atom. The Kier molecular flexibility index (Phi) is 4.87. The van der Waals surface area contributed by atoms with Crippen LogP contribution in [-0.2, 0) is 14.4 Å². The fourth-order valence-corrected chi connectivity index (χ4v) is 1.60. The minimum atomic E-state index is -0.237. The van der Waals surface area contributed by atoms with Gasteiger partial charge in [0.25, 0.3) is 11.8 Å². The van der Waals surface area contributed by atoms with Gasteiger partial charge >= 0.3 is 0 Å². The Bertz CT molecular complexity index is 330. The lowest BCUT2D eigenvalue weighted by molar-refractivity contribution is -0.137. The van der Waals surface area contributed by atoms with Gasteiger partial charge in [0.2, 0.25) is 5.91 Å². The smallest absolute Gasteiger partial charge is 0.253 e. The van der Waals surface area contributed by atoms with Crippen LogP contribution in [-0.4, -0.2) is 48.2 Å². The van der Waals surface area contributed by atoms with E-state index < -0.39 is 0 Å². The van der Waals surface area contributed by atoms with E-state index in [2.05, 4.69) is 0 Å². The van der Waals surface area contributed by atoms with Crippen LogP contribution in [0.5, 0.6) is 0 Å². The summed E-state index contributed by atoms with van der Waals surface area (Å²) in [5.74, 6) is -0.362. The Morgan fingerprint density at radius 3 is 2.24 bits per heavy atom. The third-order valence-corrected chi connectivity index (χ3v) is 2.67. The quantitative estimate of drug-likeness (QED) is 0.502. The fraction of sp³-hybridized carbons (Fsp3) is 0.583. The number of amides is 3. The molecule has 0 aromatic carbocycles. The Balaban J connectivity index is 2.11. The minimum Gasteiger partial charge on any atom is -0.349 e. The van der Waals surface area contributed by atoms with Gasteiger partial charge in [-0.3, -0.25) is 19.3 Å². The number of unbranched alkanes of at least 4 members (excludes halogenated alkanes) is 2. The molecule has 1 aliphatic heterocycles. The Labute approximate surface area is 101 Å². The molecule has 5 nitrogen and oxygen atoms in total. The van der Waals surface area contributed by atoms with E-state index in [-0.39, 0.29) is 17.7 Å². The summed E-state index contributed by atoms with van der Waals surface area (Å²) in [4.78, 5) is 36.5. The molecule has 0 aromatic heterocycles. The number of carbonyl (C=O) groups excluding carboxylic acids is 3. The van der Waals surface area contributed by atoms with E-state index in [9.17, 15) is 14.4 Å². The average Bonchev–Trinajstić information content (AvgIpc) is 2.59. The summed E-state index contributed by atoms with van der Waals surface area (Å²) in [6.45, 7) is 0.445. The normalized spacial score (nSPS) is 14.6. The third-order valence-electron chi connectivity index (χ3n) is 2.67. The highest BCUT2D eigenvalue weighted by atomic mass is 16.2. The van der Waals surface area contributed by atoms with Gasteiger partial charge in [-0.15, -0.1) is 0 Å². The minimum absolute atomic E-state index is 0.111. The topological polar surface area (TPSA) is 57.7 Å². The van der Waals surface area contributed by atoms with Crippen molar-refractivity contribution >= 4 is 17.7 Å². The van der Waals surface area contributed by atoms with Crippen molar-refractivity contribution in [2.45, 2.75) is 25.7 Å². The highest BCUT2D eigenvalue weighted by Crippen LogP contribution is 2.08. The van der Waals surface area contributed by atoms with Gasteiger partial charge in [-0.2, -0.15) is 0 Å². The van der Waals surface area contributed by atoms with E-state index >= 15 is 0 Å². The summed E-state index contributed by atoms with van der Waals surface area (Å²) in [7, 11) is 3.46. The summed E-state index contributed by atoms with van der Waals surface area (Å²) >= 11 is 0. The molecule has 0 spiro atoms. The van der Waals surface area contributed by atoms with Crippen molar-refractivity contribution in [3.8, 4) is 0 Å². The number of hydrogen-bond acceptors (Lipinski definition) is 3. The number of carbonyl (C=O) groups is 3. The van der Waals surface area contributed by atoms with Crippen molar-refractivity contribution < 1.29 is 14.4 Å². The van der Waals surface area contributed by atoms with Crippen LogP contribution in [0.3, 0.4) is 0 Å².